The minimum absolute atomic E-state index is 0. The smallest absolute Gasteiger partial charge is 0.415 e. The summed E-state index contributed by atoms with van der Waals surface area (Å²) in [4.78, 5) is 33.5. The largest absolute Gasteiger partial charge is 0.474 e. The Balaban J connectivity index is 0.000000587. The molecule has 5 rings (SSSR count). The average molecular weight is 594 g/mol. The zero-order valence-corrected chi connectivity index (χ0v) is 24.1. The van der Waals surface area contributed by atoms with E-state index >= 15 is 4.39 Å². The van der Waals surface area contributed by atoms with Crippen molar-refractivity contribution in [2.45, 2.75) is 52.6 Å². The van der Waals surface area contributed by atoms with E-state index in [0.717, 1.165) is 0 Å². The van der Waals surface area contributed by atoms with Crippen LogP contribution in [0.2, 0.25) is 5.02 Å². The van der Waals surface area contributed by atoms with Crippen LogP contribution in [0, 0.1) is 12.7 Å². The van der Waals surface area contributed by atoms with Gasteiger partial charge in [-0.05, 0) is 76.7 Å². The molecule has 2 aliphatic rings. The number of rotatable bonds is 2. The molecule has 0 bridgehead atoms. The van der Waals surface area contributed by atoms with Gasteiger partial charge in [0.2, 0.25) is 5.88 Å². The summed E-state index contributed by atoms with van der Waals surface area (Å²) in [6.07, 6.45) is 5.12. The van der Waals surface area contributed by atoms with Crippen molar-refractivity contribution >= 4 is 46.1 Å². The number of carboxylic acid groups (broad SMARTS) is 1. The first-order chi connectivity index (χ1) is 19.0. The number of carbonyl (C=O) groups excluding carboxylic acids is 1. The molecule has 0 atom stereocenters. The van der Waals surface area contributed by atoms with Gasteiger partial charge in [0, 0.05) is 28.9 Å². The summed E-state index contributed by atoms with van der Waals surface area (Å²) >= 11 is 6.31. The zero-order valence-electron chi connectivity index (χ0n) is 23.3. The van der Waals surface area contributed by atoms with Gasteiger partial charge >= 0.3 is 12.2 Å². The maximum absolute atomic E-state index is 15.4. The first-order valence-corrected chi connectivity index (χ1v) is 13.5. The monoisotopic (exact) mass is 593 g/mol. The lowest BCUT2D eigenvalue weighted by atomic mass is 9.97. The number of benzene rings is 1. The minimum atomic E-state index is -1.28. The van der Waals surface area contributed by atoms with Gasteiger partial charge in [0.15, 0.2) is 0 Å². The Morgan fingerprint density at radius 1 is 1.15 bits per heavy atom. The Morgan fingerprint density at radius 3 is 2.44 bits per heavy atom. The van der Waals surface area contributed by atoms with Crippen molar-refractivity contribution in [2.75, 3.05) is 36.5 Å². The molecular weight excluding hydrogens is 560 g/mol. The lowest BCUT2D eigenvalue weighted by molar-refractivity contribution is 0.0566. The molecule has 2 aromatic heterocycles. The highest BCUT2D eigenvalue weighted by molar-refractivity contribution is 6.36. The Kier molecular flexibility index (Phi) is 10.3. The number of ether oxygens (including phenoxy) is 2. The van der Waals surface area contributed by atoms with Gasteiger partial charge in [-0.3, -0.25) is 14.9 Å². The molecule has 2 aliphatic heterocycles. The number of fused-ring (bicyclic) bond motifs is 2. The Hall–Kier alpha value is -3.77. The van der Waals surface area contributed by atoms with E-state index < -0.39 is 23.6 Å². The number of halogens is 3. The summed E-state index contributed by atoms with van der Waals surface area (Å²) in [5.74, 6) is -0.387. The van der Waals surface area contributed by atoms with Crippen LogP contribution in [0.15, 0.2) is 24.5 Å². The van der Waals surface area contributed by atoms with Crippen molar-refractivity contribution in [3.8, 4) is 17.0 Å². The van der Waals surface area contributed by atoms with Crippen LogP contribution in [0.1, 0.15) is 45.6 Å². The number of pyridine rings is 2. The molecule has 3 aromatic rings. The molecule has 4 heterocycles. The summed E-state index contributed by atoms with van der Waals surface area (Å²) in [5.41, 5.74) is 0.748. The summed E-state index contributed by atoms with van der Waals surface area (Å²) < 4.78 is 26.5. The molecule has 0 unspecified atom stereocenters. The van der Waals surface area contributed by atoms with Gasteiger partial charge in [0.1, 0.15) is 29.5 Å². The summed E-state index contributed by atoms with van der Waals surface area (Å²) in [6.45, 7) is 10.0. The first kappa shape index (κ1) is 31.8. The third-order valence-corrected chi connectivity index (χ3v) is 6.71. The fourth-order valence-corrected chi connectivity index (χ4v) is 4.77. The quantitative estimate of drug-likeness (QED) is 0.306. The summed E-state index contributed by atoms with van der Waals surface area (Å²) in [7, 11) is 0. The normalized spacial score (nSPS) is 14.5. The molecule has 0 saturated carbocycles. The molecule has 13 heteroatoms. The van der Waals surface area contributed by atoms with Crippen molar-refractivity contribution in [3.05, 3.63) is 40.9 Å². The van der Waals surface area contributed by atoms with Gasteiger partial charge in [-0.15, -0.1) is 0 Å². The van der Waals surface area contributed by atoms with Crippen molar-refractivity contribution in [2.24, 2.45) is 0 Å². The van der Waals surface area contributed by atoms with Crippen LogP contribution in [-0.4, -0.2) is 59.1 Å². The van der Waals surface area contributed by atoms with Gasteiger partial charge < -0.3 is 19.9 Å². The van der Waals surface area contributed by atoms with Crippen LogP contribution in [0.25, 0.3) is 21.9 Å². The number of hydrogen-bond donors (Lipinski definition) is 3. The fraction of sp³-hybridized carbons (Fsp3) is 0.429. The van der Waals surface area contributed by atoms with Crippen LogP contribution >= 0.6 is 11.6 Å². The Morgan fingerprint density at radius 2 is 1.85 bits per heavy atom. The van der Waals surface area contributed by atoms with Crippen molar-refractivity contribution < 1.29 is 33.3 Å². The number of hydrogen-bond acceptors (Lipinski definition) is 7. The second-order valence-electron chi connectivity index (χ2n) is 10.5. The lowest BCUT2D eigenvalue weighted by Crippen LogP contribution is -2.42. The minimum Gasteiger partial charge on any atom is -0.474 e. The van der Waals surface area contributed by atoms with E-state index in [1.165, 1.54) is 61.8 Å². The topological polar surface area (TPSA) is 126 Å². The van der Waals surface area contributed by atoms with Crippen LogP contribution < -0.4 is 20.3 Å². The fourth-order valence-electron chi connectivity index (χ4n) is 4.51. The SMILES string of the molecule is C1CCNCC1.Cc1c(-c2cc3cc(NC(=O)O)ncc3c(Cl)c2F)cnc2c1N(C(=O)OC(C)(C)C)CCO2.F. The highest BCUT2D eigenvalue weighted by atomic mass is 35.5. The van der Waals surface area contributed by atoms with E-state index in [4.69, 9.17) is 26.2 Å². The van der Waals surface area contributed by atoms with Gasteiger partial charge in [-0.1, -0.05) is 18.0 Å². The van der Waals surface area contributed by atoms with Crippen molar-refractivity contribution in [1.29, 1.82) is 0 Å². The number of piperidine rings is 1. The Bertz CT molecular complexity index is 1420. The predicted octanol–water partition coefficient (Wildman–Crippen LogP) is 6.53. The second-order valence-corrected chi connectivity index (χ2v) is 10.9. The molecule has 2 amide bonds. The lowest BCUT2D eigenvalue weighted by Gasteiger charge is -2.32. The maximum atomic E-state index is 15.4. The molecule has 0 aliphatic carbocycles. The van der Waals surface area contributed by atoms with E-state index in [1.54, 1.807) is 27.7 Å². The highest BCUT2D eigenvalue weighted by Crippen LogP contribution is 2.42. The molecule has 3 N–H and O–H groups in total. The number of carbonyl (C=O) groups is 2. The van der Waals surface area contributed by atoms with Gasteiger partial charge in [-0.2, -0.15) is 0 Å². The number of anilines is 2. The third kappa shape index (κ3) is 7.50. The third-order valence-electron chi connectivity index (χ3n) is 6.34. The summed E-state index contributed by atoms with van der Waals surface area (Å²) in [5, 5.41) is 15.0. The van der Waals surface area contributed by atoms with Crippen molar-refractivity contribution in [3.63, 3.8) is 0 Å². The molecule has 1 fully saturated rings. The molecule has 0 radical (unpaired) electrons. The number of amides is 2. The van der Waals surface area contributed by atoms with Crippen LogP contribution in [0.4, 0.5) is 30.2 Å². The van der Waals surface area contributed by atoms with Crippen LogP contribution in [-0.2, 0) is 4.74 Å². The van der Waals surface area contributed by atoms with Gasteiger partial charge in [-0.25, -0.2) is 23.9 Å². The Labute approximate surface area is 241 Å². The van der Waals surface area contributed by atoms with E-state index in [-0.39, 0.29) is 40.1 Å². The first-order valence-electron chi connectivity index (χ1n) is 13.1. The predicted molar refractivity (Wildman–Crippen MR) is 155 cm³/mol. The van der Waals surface area contributed by atoms with E-state index in [1.807, 2.05) is 0 Å². The van der Waals surface area contributed by atoms with E-state index in [9.17, 15) is 9.59 Å². The van der Waals surface area contributed by atoms with Crippen LogP contribution in [0.3, 0.4) is 0 Å². The number of aromatic nitrogens is 2. The molecule has 10 nitrogen and oxygen atoms in total. The van der Waals surface area contributed by atoms with E-state index in [0.29, 0.717) is 27.6 Å². The van der Waals surface area contributed by atoms with Gasteiger partial charge in [0.25, 0.3) is 0 Å². The summed E-state index contributed by atoms with van der Waals surface area (Å²) in [6, 6.07) is 2.98. The standard InChI is InChI=1S/C23H22ClFN4O5.C5H11N.FH/c1-11-14(9-27-20-19(11)29(5-6-33-20)22(32)34-23(2,3)4)13-7-12-8-16(28-21(30)31)26-10-15(12)17(24)18(13)25;1-2-4-6-5-3-1;/h7-10H,5-6H2,1-4H3,(H,26,28)(H,30,31);6H,1-5H2;1H. The maximum Gasteiger partial charge on any atom is 0.415 e. The second kappa shape index (κ2) is 13.3. The number of nitrogens with one attached hydrogen (secondary N) is 2. The van der Waals surface area contributed by atoms with E-state index in [2.05, 4.69) is 20.6 Å². The number of nitrogens with zero attached hydrogens (tertiary/aromatic N) is 3. The molecule has 1 saturated heterocycles. The molecule has 0 spiro atoms. The molecular formula is C28H34ClF2N5O5. The van der Waals surface area contributed by atoms with Crippen molar-refractivity contribution in [1.82, 2.24) is 15.3 Å². The molecule has 1 aromatic carbocycles. The molecule has 41 heavy (non-hydrogen) atoms. The zero-order chi connectivity index (χ0) is 29.0. The highest BCUT2D eigenvalue weighted by Gasteiger charge is 2.32. The van der Waals surface area contributed by atoms with Gasteiger partial charge in [0.05, 0.1) is 11.6 Å². The molecule has 222 valence electrons. The van der Waals surface area contributed by atoms with Crippen LogP contribution in [0.5, 0.6) is 5.88 Å². The average Bonchev–Trinajstić information content (AvgIpc) is 2.91.